The molecular formula is C15H15FN4O4. The first-order valence-electron chi connectivity index (χ1n) is 6.78. The Labute approximate surface area is 136 Å². The van der Waals surface area contributed by atoms with Crippen LogP contribution in [0.1, 0.15) is 5.69 Å². The quantitative estimate of drug-likeness (QED) is 0.651. The number of nitrogens with zero attached hydrogens (tertiary/aromatic N) is 3. The Bertz CT molecular complexity index is 801. The van der Waals surface area contributed by atoms with Crippen molar-refractivity contribution in [2.24, 2.45) is 0 Å². The molecule has 1 aromatic heterocycles. The Morgan fingerprint density at radius 3 is 2.58 bits per heavy atom. The molecular weight excluding hydrogens is 319 g/mol. The summed E-state index contributed by atoms with van der Waals surface area (Å²) < 4.78 is 24.7. The van der Waals surface area contributed by atoms with Crippen molar-refractivity contribution in [3.05, 3.63) is 47.7 Å². The van der Waals surface area contributed by atoms with E-state index in [1.54, 1.807) is 19.2 Å². The zero-order chi connectivity index (χ0) is 17.7. The van der Waals surface area contributed by atoms with E-state index >= 15 is 0 Å². The van der Waals surface area contributed by atoms with E-state index in [1.165, 1.54) is 16.8 Å². The summed E-state index contributed by atoms with van der Waals surface area (Å²) in [6, 6.07) is 4.19. The number of methoxy groups -OCH3 is 2. The van der Waals surface area contributed by atoms with E-state index in [0.29, 0.717) is 11.4 Å². The van der Waals surface area contributed by atoms with Crippen LogP contribution < -0.4 is 5.32 Å². The predicted molar refractivity (Wildman–Crippen MR) is 81.8 cm³/mol. The molecule has 0 aliphatic heterocycles. The molecule has 0 saturated heterocycles. The van der Waals surface area contributed by atoms with Crippen molar-refractivity contribution in [1.82, 2.24) is 15.0 Å². The van der Waals surface area contributed by atoms with Gasteiger partial charge in [-0.25, -0.2) is 18.7 Å². The number of anilines is 1. The van der Waals surface area contributed by atoms with Crippen molar-refractivity contribution in [3.8, 4) is 5.69 Å². The molecule has 0 aliphatic rings. The molecule has 0 aliphatic carbocycles. The predicted octanol–water partition coefficient (Wildman–Crippen LogP) is 1.36. The number of benzene rings is 1. The van der Waals surface area contributed by atoms with Gasteiger partial charge < -0.3 is 14.8 Å². The van der Waals surface area contributed by atoms with Gasteiger partial charge in [0.05, 0.1) is 43.6 Å². The Morgan fingerprint density at radius 2 is 2.04 bits per heavy atom. The third-order valence-electron chi connectivity index (χ3n) is 2.96. The molecule has 1 aromatic carbocycles. The van der Waals surface area contributed by atoms with Crippen LogP contribution in [-0.2, 0) is 19.1 Å². The molecule has 126 valence electrons. The van der Waals surface area contributed by atoms with E-state index in [1.807, 2.05) is 0 Å². The fourth-order valence-electron chi connectivity index (χ4n) is 1.80. The van der Waals surface area contributed by atoms with Crippen LogP contribution in [0.15, 0.2) is 36.2 Å². The molecule has 9 heteroatoms. The molecule has 24 heavy (non-hydrogen) atoms. The molecule has 8 nitrogen and oxygen atoms in total. The Kier molecular flexibility index (Phi) is 5.25. The van der Waals surface area contributed by atoms with Crippen LogP contribution in [-0.4, -0.2) is 41.2 Å². The molecule has 0 bridgehead atoms. The molecule has 2 rings (SSSR count). The molecule has 0 saturated carbocycles. The maximum atomic E-state index is 14.3. The van der Waals surface area contributed by atoms with E-state index in [-0.39, 0.29) is 11.4 Å². The van der Waals surface area contributed by atoms with Crippen molar-refractivity contribution in [2.45, 2.75) is 6.92 Å². The van der Waals surface area contributed by atoms with Crippen LogP contribution in [0, 0.1) is 12.7 Å². The lowest BCUT2D eigenvalue weighted by Crippen LogP contribution is -2.16. The molecule has 0 radical (unpaired) electrons. The number of carbonyl (C=O) groups excluding carboxylic acids is 2. The second-order valence-corrected chi connectivity index (χ2v) is 4.67. The van der Waals surface area contributed by atoms with Gasteiger partial charge in [-0.1, -0.05) is 5.21 Å². The fourth-order valence-corrected chi connectivity index (χ4v) is 1.80. The van der Waals surface area contributed by atoms with Gasteiger partial charge in [-0.3, -0.25) is 0 Å². The van der Waals surface area contributed by atoms with Crippen molar-refractivity contribution in [3.63, 3.8) is 0 Å². The smallest absolute Gasteiger partial charge is 0.354 e. The summed E-state index contributed by atoms with van der Waals surface area (Å²) in [5.74, 6) is -2.27. The van der Waals surface area contributed by atoms with Crippen LogP contribution in [0.25, 0.3) is 5.69 Å². The summed E-state index contributed by atoms with van der Waals surface area (Å²) in [5.41, 5.74) is 0.866. The number of aromatic nitrogens is 3. The number of halogens is 1. The summed E-state index contributed by atoms with van der Waals surface area (Å²) in [6.07, 6.45) is 2.51. The van der Waals surface area contributed by atoms with E-state index in [2.05, 4.69) is 25.1 Å². The number of hydrogen-bond acceptors (Lipinski definition) is 7. The van der Waals surface area contributed by atoms with Gasteiger partial charge in [0.25, 0.3) is 0 Å². The standard InChI is InChI=1S/C15H15FN4O4/c1-9-8-20(19-18-9)10-4-5-12(11(16)6-10)17-13(15(22)24-3)7-14(21)23-2/h4-8,17H,1-3H3/b13-7+. The largest absolute Gasteiger partial charge is 0.466 e. The number of rotatable bonds is 5. The van der Waals surface area contributed by atoms with Crippen molar-refractivity contribution < 1.29 is 23.5 Å². The van der Waals surface area contributed by atoms with Gasteiger partial charge >= 0.3 is 11.9 Å². The Balaban J connectivity index is 2.29. The highest BCUT2D eigenvalue weighted by Gasteiger charge is 2.15. The highest BCUT2D eigenvalue weighted by atomic mass is 19.1. The summed E-state index contributed by atoms with van der Waals surface area (Å²) in [5, 5.41) is 10.2. The van der Waals surface area contributed by atoms with Crippen molar-refractivity contribution >= 4 is 17.6 Å². The number of ether oxygens (including phenoxy) is 2. The van der Waals surface area contributed by atoms with E-state index in [0.717, 1.165) is 20.3 Å². The maximum absolute atomic E-state index is 14.3. The number of carbonyl (C=O) groups is 2. The lowest BCUT2D eigenvalue weighted by Gasteiger charge is -2.11. The van der Waals surface area contributed by atoms with E-state index in [9.17, 15) is 14.0 Å². The Hall–Kier alpha value is -3.23. The van der Waals surface area contributed by atoms with Crippen LogP contribution in [0.3, 0.4) is 0 Å². The zero-order valence-corrected chi connectivity index (χ0v) is 13.2. The highest BCUT2D eigenvalue weighted by molar-refractivity contribution is 5.98. The lowest BCUT2D eigenvalue weighted by molar-refractivity contribution is -0.138. The van der Waals surface area contributed by atoms with Crippen LogP contribution in [0.2, 0.25) is 0 Å². The van der Waals surface area contributed by atoms with Gasteiger partial charge in [-0.15, -0.1) is 5.10 Å². The topological polar surface area (TPSA) is 95.3 Å². The summed E-state index contributed by atoms with van der Waals surface area (Å²) in [7, 11) is 2.30. The van der Waals surface area contributed by atoms with Gasteiger partial charge in [0.2, 0.25) is 0 Å². The van der Waals surface area contributed by atoms with Crippen molar-refractivity contribution in [2.75, 3.05) is 19.5 Å². The van der Waals surface area contributed by atoms with Crippen LogP contribution in [0.5, 0.6) is 0 Å². The first-order chi connectivity index (χ1) is 11.4. The molecule has 0 fully saturated rings. The number of hydrogen-bond donors (Lipinski definition) is 1. The van der Waals surface area contributed by atoms with E-state index in [4.69, 9.17) is 0 Å². The third kappa shape index (κ3) is 3.94. The summed E-state index contributed by atoms with van der Waals surface area (Å²) in [4.78, 5) is 23.0. The number of nitrogens with one attached hydrogen (secondary N) is 1. The van der Waals surface area contributed by atoms with Gasteiger partial charge in [-0.05, 0) is 19.1 Å². The van der Waals surface area contributed by atoms with Gasteiger partial charge in [0, 0.05) is 6.07 Å². The average molecular weight is 334 g/mol. The molecule has 0 atom stereocenters. The van der Waals surface area contributed by atoms with Crippen LogP contribution >= 0.6 is 0 Å². The molecule has 0 spiro atoms. The van der Waals surface area contributed by atoms with Gasteiger partial charge in [0.15, 0.2) is 0 Å². The highest BCUT2D eigenvalue weighted by Crippen LogP contribution is 2.20. The molecule has 0 amide bonds. The minimum atomic E-state index is -0.837. The average Bonchev–Trinajstić information content (AvgIpc) is 3.01. The SMILES string of the molecule is COC(=O)/C=C(/Nc1ccc(-n2cc(C)nn2)cc1F)C(=O)OC. The number of esters is 2. The normalized spacial score (nSPS) is 11.1. The Morgan fingerprint density at radius 1 is 1.29 bits per heavy atom. The monoisotopic (exact) mass is 334 g/mol. The molecule has 0 unspecified atom stereocenters. The summed E-state index contributed by atoms with van der Waals surface area (Å²) >= 11 is 0. The third-order valence-corrected chi connectivity index (χ3v) is 2.96. The lowest BCUT2D eigenvalue weighted by atomic mass is 10.2. The second kappa shape index (κ2) is 7.36. The zero-order valence-electron chi connectivity index (χ0n) is 13.2. The second-order valence-electron chi connectivity index (χ2n) is 4.67. The first-order valence-corrected chi connectivity index (χ1v) is 6.78. The summed E-state index contributed by atoms with van der Waals surface area (Å²) in [6.45, 7) is 1.76. The maximum Gasteiger partial charge on any atom is 0.354 e. The van der Waals surface area contributed by atoms with Crippen LogP contribution in [0.4, 0.5) is 10.1 Å². The molecule has 2 aromatic rings. The number of aryl methyl sites for hydroxylation is 1. The minimum Gasteiger partial charge on any atom is -0.466 e. The van der Waals surface area contributed by atoms with Gasteiger partial charge in [-0.2, -0.15) is 0 Å². The fraction of sp³-hybridized carbons (Fsp3) is 0.200. The minimum absolute atomic E-state index is 0.0175. The molecule has 1 heterocycles. The van der Waals surface area contributed by atoms with E-state index < -0.39 is 17.8 Å². The van der Waals surface area contributed by atoms with Crippen molar-refractivity contribution in [1.29, 1.82) is 0 Å². The van der Waals surface area contributed by atoms with Gasteiger partial charge in [0.1, 0.15) is 11.5 Å². The molecule has 1 N–H and O–H groups in total. The first kappa shape index (κ1) is 17.1.